The van der Waals surface area contributed by atoms with Gasteiger partial charge in [-0.1, -0.05) is 18.2 Å². The Morgan fingerprint density at radius 1 is 1.38 bits per heavy atom. The topological polar surface area (TPSA) is 55.8 Å². The maximum Gasteiger partial charge on any atom is 0.308 e. The minimum atomic E-state index is -0.312. The second-order valence-corrected chi connectivity index (χ2v) is 5.76. The fraction of sp³-hybridized carbons (Fsp3) is 0.467. The number of morpholine rings is 1. The zero-order chi connectivity index (χ0) is 15.1. The van der Waals surface area contributed by atoms with Gasteiger partial charge in [0.25, 0.3) is 0 Å². The van der Waals surface area contributed by atoms with Crippen LogP contribution in [0.2, 0.25) is 0 Å². The second-order valence-electron chi connectivity index (χ2n) is 4.71. The summed E-state index contributed by atoms with van der Waals surface area (Å²) < 4.78 is 10.1. The Kier molecular flexibility index (Phi) is 6.07. The number of methoxy groups -OCH3 is 1. The van der Waals surface area contributed by atoms with Gasteiger partial charge in [-0.3, -0.25) is 9.59 Å². The zero-order valence-corrected chi connectivity index (χ0v) is 12.8. The summed E-state index contributed by atoms with van der Waals surface area (Å²) in [6.07, 6.45) is -0.0802. The van der Waals surface area contributed by atoms with E-state index in [4.69, 9.17) is 4.74 Å². The molecule has 1 saturated heterocycles. The molecule has 1 amide bonds. The van der Waals surface area contributed by atoms with Crippen molar-refractivity contribution in [1.82, 2.24) is 4.90 Å². The van der Waals surface area contributed by atoms with Crippen LogP contribution in [0.15, 0.2) is 35.2 Å². The number of nitrogens with zero attached hydrogens (tertiary/aromatic N) is 1. The fourth-order valence-electron chi connectivity index (χ4n) is 2.09. The van der Waals surface area contributed by atoms with E-state index < -0.39 is 0 Å². The molecule has 1 aromatic carbocycles. The number of carbonyl (C=O) groups excluding carboxylic acids is 2. The molecule has 0 bridgehead atoms. The summed E-state index contributed by atoms with van der Waals surface area (Å²) in [7, 11) is 1.35. The Labute approximate surface area is 128 Å². The predicted molar refractivity (Wildman–Crippen MR) is 80.1 cm³/mol. The summed E-state index contributed by atoms with van der Waals surface area (Å²) in [6.45, 7) is 1.48. The zero-order valence-electron chi connectivity index (χ0n) is 12.0. The highest BCUT2D eigenvalue weighted by atomic mass is 32.2. The van der Waals surface area contributed by atoms with E-state index in [1.807, 2.05) is 30.3 Å². The number of thioether (sulfide) groups is 1. The van der Waals surface area contributed by atoms with Crippen molar-refractivity contribution in [3.63, 3.8) is 0 Å². The summed E-state index contributed by atoms with van der Waals surface area (Å²) in [5.41, 5.74) is 0. The van der Waals surface area contributed by atoms with E-state index in [1.54, 1.807) is 4.90 Å². The van der Waals surface area contributed by atoms with Crippen LogP contribution in [-0.4, -0.2) is 55.4 Å². The summed E-state index contributed by atoms with van der Waals surface area (Å²) in [6, 6.07) is 9.82. The average molecular weight is 309 g/mol. The number of hydrogen-bond acceptors (Lipinski definition) is 5. The molecule has 114 valence electrons. The van der Waals surface area contributed by atoms with Crippen LogP contribution in [0.4, 0.5) is 0 Å². The van der Waals surface area contributed by atoms with Gasteiger partial charge in [0.05, 0.1) is 32.0 Å². The molecular weight excluding hydrogens is 290 g/mol. The lowest BCUT2D eigenvalue weighted by molar-refractivity contribution is -0.149. The number of amides is 1. The van der Waals surface area contributed by atoms with Crippen LogP contribution in [0.1, 0.15) is 6.42 Å². The van der Waals surface area contributed by atoms with E-state index in [1.165, 1.54) is 18.9 Å². The minimum absolute atomic E-state index is 0.0713. The number of hydrogen-bond donors (Lipinski definition) is 0. The van der Waals surface area contributed by atoms with Gasteiger partial charge in [-0.05, 0) is 12.1 Å². The van der Waals surface area contributed by atoms with Crippen LogP contribution < -0.4 is 0 Å². The minimum Gasteiger partial charge on any atom is -0.469 e. The highest BCUT2D eigenvalue weighted by Crippen LogP contribution is 2.18. The number of benzene rings is 1. The maximum absolute atomic E-state index is 12.2. The van der Waals surface area contributed by atoms with Gasteiger partial charge in [0, 0.05) is 18.0 Å². The molecule has 0 N–H and O–H groups in total. The van der Waals surface area contributed by atoms with Crippen LogP contribution >= 0.6 is 11.8 Å². The Hall–Kier alpha value is -1.53. The van der Waals surface area contributed by atoms with Crippen LogP contribution in [0.5, 0.6) is 0 Å². The molecule has 2 rings (SSSR count). The van der Waals surface area contributed by atoms with Crippen LogP contribution in [0.25, 0.3) is 0 Å². The van der Waals surface area contributed by atoms with Gasteiger partial charge < -0.3 is 14.4 Å². The van der Waals surface area contributed by atoms with E-state index in [9.17, 15) is 9.59 Å². The molecule has 0 aliphatic carbocycles. The van der Waals surface area contributed by atoms with Crippen LogP contribution in [-0.2, 0) is 19.1 Å². The smallest absolute Gasteiger partial charge is 0.308 e. The van der Waals surface area contributed by atoms with E-state index in [2.05, 4.69) is 4.74 Å². The SMILES string of the molecule is COC(=O)CC1CN(C(=O)CSc2ccccc2)CCO1. The molecular formula is C15H19NO4S. The molecule has 1 heterocycles. The standard InChI is InChI=1S/C15H19NO4S/c1-19-15(18)9-12-10-16(7-8-20-12)14(17)11-21-13-5-3-2-4-6-13/h2-6,12H,7-11H2,1H3. The number of esters is 1. The average Bonchev–Trinajstić information content (AvgIpc) is 2.53. The third-order valence-corrected chi connectivity index (χ3v) is 4.22. The lowest BCUT2D eigenvalue weighted by Crippen LogP contribution is -2.47. The van der Waals surface area contributed by atoms with Gasteiger partial charge in [0.15, 0.2) is 0 Å². The molecule has 0 saturated carbocycles. The lowest BCUT2D eigenvalue weighted by Gasteiger charge is -2.32. The highest BCUT2D eigenvalue weighted by molar-refractivity contribution is 8.00. The van der Waals surface area contributed by atoms with Crippen molar-refractivity contribution in [1.29, 1.82) is 0 Å². The molecule has 0 aromatic heterocycles. The lowest BCUT2D eigenvalue weighted by atomic mass is 10.2. The van der Waals surface area contributed by atoms with Gasteiger partial charge in [-0.15, -0.1) is 11.8 Å². The van der Waals surface area contributed by atoms with Gasteiger partial charge in [0.2, 0.25) is 5.91 Å². The first-order valence-electron chi connectivity index (χ1n) is 6.83. The fourth-order valence-corrected chi connectivity index (χ4v) is 2.91. The Bertz CT molecular complexity index is 480. The molecule has 1 atom stereocenters. The number of carbonyl (C=O) groups is 2. The largest absolute Gasteiger partial charge is 0.469 e. The third-order valence-electron chi connectivity index (χ3n) is 3.22. The Morgan fingerprint density at radius 3 is 2.86 bits per heavy atom. The summed E-state index contributed by atoms with van der Waals surface area (Å²) >= 11 is 1.52. The van der Waals surface area contributed by atoms with Crippen molar-refractivity contribution in [3.8, 4) is 0 Å². The predicted octanol–water partition coefficient (Wildman–Crippen LogP) is 1.57. The van der Waals surface area contributed by atoms with Crippen molar-refractivity contribution in [3.05, 3.63) is 30.3 Å². The Balaban J connectivity index is 1.80. The molecule has 1 aliphatic heterocycles. The van der Waals surface area contributed by atoms with Crippen molar-refractivity contribution in [2.45, 2.75) is 17.4 Å². The number of ether oxygens (including phenoxy) is 2. The maximum atomic E-state index is 12.2. The van der Waals surface area contributed by atoms with E-state index in [0.717, 1.165) is 4.90 Å². The van der Waals surface area contributed by atoms with E-state index in [-0.39, 0.29) is 24.4 Å². The molecule has 1 fully saturated rings. The van der Waals surface area contributed by atoms with Crippen molar-refractivity contribution in [2.75, 3.05) is 32.6 Å². The molecule has 6 heteroatoms. The van der Waals surface area contributed by atoms with Gasteiger partial charge in [-0.25, -0.2) is 0 Å². The highest BCUT2D eigenvalue weighted by Gasteiger charge is 2.26. The number of rotatable bonds is 5. The molecule has 21 heavy (non-hydrogen) atoms. The molecule has 1 unspecified atom stereocenters. The van der Waals surface area contributed by atoms with Gasteiger partial charge in [-0.2, -0.15) is 0 Å². The van der Waals surface area contributed by atoms with E-state index >= 15 is 0 Å². The first-order valence-corrected chi connectivity index (χ1v) is 7.81. The first-order chi connectivity index (χ1) is 10.2. The summed E-state index contributed by atoms with van der Waals surface area (Å²) in [5, 5.41) is 0. The molecule has 0 spiro atoms. The normalized spacial score (nSPS) is 18.3. The van der Waals surface area contributed by atoms with E-state index in [0.29, 0.717) is 25.4 Å². The van der Waals surface area contributed by atoms with Gasteiger partial charge in [0.1, 0.15) is 0 Å². The Morgan fingerprint density at radius 2 is 2.14 bits per heavy atom. The van der Waals surface area contributed by atoms with Crippen molar-refractivity contribution in [2.24, 2.45) is 0 Å². The molecule has 1 aromatic rings. The van der Waals surface area contributed by atoms with Crippen molar-refractivity contribution >= 4 is 23.6 Å². The molecule has 1 aliphatic rings. The van der Waals surface area contributed by atoms with Crippen LogP contribution in [0.3, 0.4) is 0 Å². The molecule has 0 radical (unpaired) electrons. The van der Waals surface area contributed by atoms with Gasteiger partial charge >= 0.3 is 5.97 Å². The van der Waals surface area contributed by atoms with Crippen molar-refractivity contribution < 1.29 is 19.1 Å². The summed E-state index contributed by atoms with van der Waals surface area (Å²) in [5.74, 6) is 0.157. The monoisotopic (exact) mass is 309 g/mol. The first kappa shape index (κ1) is 15.9. The summed E-state index contributed by atoms with van der Waals surface area (Å²) in [4.78, 5) is 26.3. The van der Waals surface area contributed by atoms with Crippen LogP contribution in [0, 0.1) is 0 Å². The quantitative estimate of drug-likeness (QED) is 0.610. The third kappa shape index (κ3) is 5.06. The molecule has 5 nitrogen and oxygen atoms in total. The second kappa shape index (κ2) is 8.05.